The van der Waals surface area contributed by atoms with Gasteiger partial charge in [-0.15, -0.1) is 0 Å². The standard InChI is InChI=1S/C25H45N/c1-3-5-7-8-10-18-25(21-26)19-11-13-24(20-25)23-16-14-22(15-17-23)12-9-6-4-2/h22-24H,3-20H2,1-2H3. The Bertz CT molecular complexity index is 401. The molecule has 1 heteroatoms. The first-order valence-electron chi connectivity index (χ1n) is 12.1. The minimum atomic E-state index is 0.0348. The van der Waals surface area contributed by atoms with E-state index >= 15 is 0 Å². The Kier molecular flexibility index (Phi) is 10.1. The lowest BCUT2D eigenvalue weighted by molar-refractivity contribution is 0.102. The van der Waals surface area contributed by atoms with E-state index in [-0.39, 0.29) is 5.41 Å². The minimum absolute atomic E-state index is 0.0348. The van der Waals surface area contributed by atoms with Gasteiger partial charge in [-0.25, -0.2) is 0 Å². The molecular weight excluding hydrogens is 314 g/mol. The van der Waals surface area contributed by atoms with Crippen LogP contribution in [0.15, 0.2) is 0 Å². The predicted molar refractivity (Wildman–Crippen MR) is 113 cm³/mol. The average molecular weight is 360 g/mol. The summed E-state index contributed by atoms with van der Waals surface area (Å²) < 4.78 is 0. The smallest absolute Gasteiger partial charge is 0.0689 e. The molecule has 0 radical (unpaired) electrons. The average Bonchev–Trinajstić information content (AvgIpc) is 2.69. The van der Waals surface area contributed by atoms with E-state index in [2.05, 4.69) is 19.9 Å². The Morgan fingerprint density at radius 3 is 2.19 bits per heavy atom. The Labute approximate surface area is 164 Å². The Morgan fingerprint density at radius 2 is 1.50 bits per heavy atom. The van der Waals surface area contributed by atoms with E-state index < -0.39 is 0 Å². The Morgan fingerprint density at radius 1 is 0.808 bits per heavy atom. The monoisotopic (exact) mass is 359 g/mol. The minimum Gasteiger partial charge on any atom is -0.198 e. The van der Waals surface area contributed by atoms with Crippen LogP contribution in [-0.2, 0) is 0 Å². The zero-order valence-electron chi connectivity index (χ0n) is 17.9. The molecule has 0 aliphatic heterocycles. The summed E-state index contributed by atoms with van der Waals surface area (Å²) >= 11 is 0. The molecule has 2 saturated carbocycles. The van der Waals surface area contributed by atoms with Gasteiger partial charge >= 0.3 is 0 Å². The summed E-state index contributed by atoms with van der Waals surface area (Å²) in [5.41, 5.74) is 0.0348. The van der Waals surface area contributed by atoms with Crippen molar-refractivity contribution in [3.63, 3.8) is 0 Å². The van der Waals surface area contributed by atoms with Crippen LogP contribution in [0.2, 0.25) is 0 Å². The first-order valence-corrected chi connectivity index (χ1v) is 12.1. The van der Waals surface area contributed by atoms with Crippen molar-refractivity contribution in [1.82, 2.24) is 0 Å². The van der Waals surface area contributed by atoms with Crippen molar-refractivity contribution in [2.75, 3.05) is 0 Å². The van der Waals surface area contributed by atoms with Crippen LogP contribution in [0.5, 0.6) is 0 Å². The highest BCUT2D eigenvalue weighted by Gasteiger charge is 2.39. The fourth-order valence-corrected chi connectivity index (χ4v) is 5.89. The second-order valence-electron chi connectivity index (χ2n) is 9.69. The zero-order chi connectivity index (χ0) is 18.7. The molecule has 2 aliphatic rings. The molecule has 0 N–H and O–H groups in total. The highest BCUT2D eigenvalue weighted by Crippen LogP contribution is 2.48. The molecule has 2 atom stereocenters. The molecule has 0 heterocycles. The molecule has 2 rings (SSSR count). The molecule has 0 aromatic rings. The maximum absolute atomic E-state index is 9.97. The second-order valence-corrected chi connectivity index (χ2v) is 9.69. The van der Waals surface area contributed by atoms with Gasteiger partial charge in [0.05, 0.1) is 11.5 Å². The van der Waals surface area contributed by atoms with E-state index in [1.165, 1.54) is 116 Å². The summed E-state index contributed by atoms with van der Waals surface area (Å²) in [4.78, 5) is 0. The van der Waals surface area contributed by atoms with Crippen molar-refractivity contribution >= 4 is 0 Å². The summed E-state index contributed by atoms with van der Waals surface area (Å²) in [7, 11) is 0. The van der Waals surface area contributed by atoms with Gasteiger partial charge in [0.15, 0.2) is 0 Å². The van der Waals surface area contributed by atoms with Crippen molar-refractivity contribution in [2.24, 2.45) is 23.2 Å². The van der Waals surface area contributed by atoms with Crippen LogP contribution in [-0.4, -0.2) is 0 Å². The second kappa shape index (κ2) is 12.0. The van der Waals surface area contributed by atoms with Crippen molar-refractivity contribution in [3.8, 4) is 6.07 Å². The van der Waals surface area contributed by atoms with Crippen molar-refractivity contribution in [1.29, 1.82) is 5.26 Å². The van der Waals surface area contributed by atoms with Crippen LogP contribution in [0.1, 0.15) is 129 Å². The maximum Gasteiger partial charge on any atom is 0.0689 e. The van der Waals surface area contributed by atoms with Gasteiger partial charge in [0.25, 0.3) is 0 Å². The fraction of sp³-hybridized carbons (Fsp3) is 0.960. The lowest BCUT2D eigenvalue weighted by atomic mass is 9.62. The summed E-state index contributed by atoms with van der Waals surface area (Å²) in [6.45, 7) is 4.59. The van der Waals surface area contributed by atoms with Gasteiger partial charge in [-0.2, -0.15) is 5.26 Å². The van der Waals surface area contributed by atoms with Gasteiger partial charge < -0.3 is 0 Å². The normalized spacial score (nSPS) is 32.3. The van der Waals surface area contributed by atoms with Crippen LogP contribution >= 0.6 is 0 Å². The molecule has 150 valence electrons. The Balaban J connectivity index is 1.75. The number of unbranched alkanes of at least 4 members (excludes halogenated alkanes) is 6. The molecule has 0 aromatic heterocycles. The molecule has 0 amide bonds. The van der Waals surface area contributed by atoms with E-state index in [4.69, 9.17) is 0 Å². The van der Waals surface area contributed by atoms with E-state index in [1.54, 1.807) is 0 Å². The van der Waals surface area contributed by atoms with E-state index in [1.807, 2.05) is 0 Å². The van der Waals surface area contributed by atoms with Crippen LogP contribution in [0, 0.1) is 34.5 Å². The van der Waals surface area contributed by atoms with Crippen LogP contribution in [0.25, 0.3) is 0 Å². The number of hydrogen-bond acceptors (Lipinski definition) is 1. The number of rotatable bonds is 11. The van der Waals surface area contributed by atoms with E-state index in [9.17, 15) is 5.26 Å². The lowest BCUT2D eigenvalue weighted by Crippen LogP contribution is -2.32. The van der Waals surface area contributed by atoms with Crippen molar-refractivity contribution in [2.45, 2.75) is 129 Å². The van der Waals surface area contributed by atoms with Crippen molar-refractivity contribution < 1.29 is 0 Å². The first-order chi connectivity index (χ1) is 12.7. The van der Waals surface area contributed by atoms with Gasteiger partial charge in [0, 0.05) is 0 Å². The zero-order valence-corrected chi connectivity index (χ0v) is 17.9. The number of nitrogens with zero attached hydrogens (tertiary/aromatic N) is 1. The summed E-state index contributed by atoms with van der Waals surface area (Å²) in [5, 5.41) is 9.97. The third-order valence-corrected chi connectivity index (χ3v) is 7.65. The molecule has 2 fully saturated rings. The Hall–Kier alpha value is -0.510. The maximum atomic E-state index is 9.97. The number of hydrogen-bond donors (Lipinski definition) is 0. The van der Waals surface area contributed by atoms with Gasteiger partial charge in [0.1, 0.15) is 0 Å². The predicted octanol–water partition coefficient (Wildman–Crippen LogP) is 8.43. The third-order valence-electron chi connectivity index (χ3n) is 7.65. The fourth-order valence-electron chi connectivity index (χ4n) is 5.89. The van der Waals surface area contributed by atoms with Gasteiger partial charge in [-0.1, -0.05) is 97.3 Å². The summed E-state index contributed by atoms with van der Waals surface area (Å²) in [6, 6.07) is 2.82. The summed E-state index contributed by atoms with van der Waals surface area (Å²) in [6.07, 6.45) is 24.5. The molecule has 0 spiro atoms. The van der Waals surface area contributed by atoms with Gasteiger partial charge in [-0.3, -0.25) is 0 Å². The van der Waals surface area contributed by atoms with E-state index in [0.29, 0.717) is 0 Å². The van der Waals surface area contributed by atoms with Gasteiger partial charge in [0.2, 0.25) is 0 Å². The largest absolute Gasteiger partial charge is 0.198 e. The van der Waals surface area contributed by atoms with Crippen LogP contribution in [0.3, 0.4) is 0 Å². The highest BCUT2D eigenvalue weighted by molar-refractivity contribution is 5.03. The SMILES string of the molecule is CCCCCCCC1(C#N)CCCC(C2CCC(CCCCC)CC2)C1. The highest BCUT2D eigenvalue weighted by atomic mass is 14.5. The van der Waals surface area contributed by atoms with Crippen LogP contribution < -0.4 is 0 Å². The molecule has 2 aliphatic carbocycles. The first kappa shape index (κ1) is 21.8. The lowest BCUT2D eigenvalue weighted by Gasteiger charge is -2.42. The number of nitriles is 1. The third kappa shape index (κ3) is 6.90. The molecule has 0 aromatic carbocycles. The molecule has 2 unspecified atom stereocenters. The molecule has 26 heavy (non-hydrogen) atoms. The molecule has 0 bridgehead atoms. The van der Waals surface area contributed by atoms with E-state index in [0.717, 1.165) is 17.8 Å². The molecular formula is C25H45N. The summed E-state index contributed by atoms with van der Waals surface area (Å²) in [5.74, 6) is 2.81. The van der Waals surface area contributed by atoms with Crippen molar-refractivity contribution in [3.05, 3.63) is 0 Å². The van der Waals surface area contributed by atoms with Gasteiger partial charge in [-0.05, 0) is 49.9 Å². The topological polar surface area (TPSA) is 23.8 Å². The van der Waals surface area contributed by atoms with Crippen LogP contribution in [0.4, 0.5) is 0 Å². The molecule has 1 nitrogen and oxygen atoms in total. The molecule has 0 saturated heterocycles. The quantitative estimate of drug-likeness (QED) is 0.339.